The number of anilines is 1. The van der Waals surface area contributed by atoms with Crippen molar-refractivity contribution in [1.82, 2.24) is 4.98 Å². The average Bonchev–Trinajstić information content (AvgIpc) is 2.97. The van der Waals surface area contributed by atoms with E-state index in [1.54, 1.807) is 6.07 Å². The summed E-state index contributed by atoms with van der Waals surface area (Å²) in [6.07, 6.45) is -4.30. The van der Waals surface area contributed by atoms with Gasteiger partial charge in [0.25, 0.3) is 0 Å². The van der Waals surface area contributed by atoms with E-state index in [0.29, 0.717) is 5.69 Å². The quantitative estimate of drug-likeness (QED) is 0.721. The van der Waals surface area contributed by atoms with Crippen molar-refractivity contribution in [1.29, 1.82) is 0 Å². The molecule has 0 unspecified atom stereocenters. The molecule has 1 saturated heterocycles. The van der Waals surface area contributed by atoms with Gasteiger partial charge in [-0.1, -0.05) is 24.3 Å². The summed E-state index contributed by atoms with van der Waals surface area (Å²) in [5.74, 6) is 0. The maximum absolute atomic E-state index is 12.9. The molecule has 2 heterocycles. The van der Waals surface area contributed by atoms with Crippen LogP contribution < -0.4 is 9.80 Å². The molecule has 27 heavy (non-hydrogen) atoms. The fourth-order valence-electron chi connectivity index (χ4n) is 3.95. The van der Waals surface area contributed by atoms with Crippen LogP contribution in [0.5, 0.6) is 0 Å². The van der Waals surface area contributed by atoms with Crippen molar-refractivity contribution in [2.75, 3.05) is 31.1 Å². The minimum absolute atomic E-state index is 0.579. The van der Waals surface area contributed by atoms with Gasteiger partial charge in [-0.2, -0.15) is 13.2 Å². The number of fused-ring (bicyclic) bond motifs is 1. The first kappa shape index (κ1) is 17.9. The van der Waals surface area contributed by atoms with Crippen LogP contribution in [0.15, 0.2) is 48.5 Å². The van der Waals surface area contributed by atoms with Crippen LogP contribution >= 0.6 is 0 Å². The van der Waals surface area contributed by atoms with Gasteiger partial charge in [0.1, 0.15) is 6.54 Å². The zero-order valence-electron chi connectivity index (χ0n) is 15.2. The lowest BCUT2D eigenvalue weighted by Crippen LogP contribution is -3.13. The molecule has 1 aliphatic rings. The van der Waals surface area contributed by atoms with Crippen molar-refractivity contribution >= 4 is 16.6 Å². The molecular formula is C21H23F3N3+. The summed E-state index contributed by atoms with van der Waals surface area (Å²) in [7, 11) is 0. The van der Waals surface area contributed by atoms with E-state index in [9.17, 15) is 13.2 Å². The molecule has 0 atom stereocenters. The molecular weight excluding hydrogens is 351 g/mol. The number of quaternary nitrogens is 1. The maximum atomic E-state index is 12.9. The van der Waals surface area contributed by atoms with Crippen LogP contribution in [0.25, 0.3) is 10.9 Å². The van der Waals surface area contributed by atoms with Crippen molar-refractivity contribution in [2.24, 2.45) is 0 Å². The topological polar surface area (TPSA) is 23.5 Å². The molecule has 3 nitrogen and oxygen atoms in total. The summed E-state index contributed by atoms with van der Waals surface area (Å²) in [4.78, 5) is 6.96. The maximum Gasteiger partial charge on any atom is 0.416 e. The largest absolute Gasteiger partial charge is 0.416 e. The molecule has 6 heteroatoms. The SMILES string of the molecule is Cc1[nH]c2ccccc2c1C[NH+]1CCN(c2cccc(C(F)(F)F)c2)CC1. The Balaban J connectivity index is 1.44. The van der Waals surface area contributed by atoms with Crippen molar-refractivity contribution in [3.8, 4) is 0 Å². The molecule has 1 aromatic heterocycles. The zero-order valence-corrected chi connectivity index (χ0v) is 15.2. The summed E-state index contributed by atoms with van der Waals surface area (Å²) >= 11 is 0. The average molecular weight is 374 g/mol. The lowest BCUT2D eigenvalue weighted by molar-refractivity contribution is -0.914. The lowest BCUT2D eigenvalue weighted by Gasteiger charge is -2.34. The first-order valence-corrected chi connectivity index (χ1v) is 9.24. The van der Waals surface area contributed by atoms with Crippen molar-refractivity contribution in [2.45, 2.75) is 19.6 Å². The fraction of sp³-hybridized carbons (Fsp3) is 0.333. The molecule has 2 N–H and O–H groups in total. The molecule has 1 aliphatic heterocycles. The van der Waals surface area contributed by atoms with Crippen LogP contribution in [-0.4, -0.2) is 31.2 Å². The fourth-order valence-corrected chi connectivity index (χ4v) is 3.95. The highest BCUT2D eigenvalue weighted by atomic mass is 19.4. The second-order valence-corrected chi connectivity index (χ2v) is 7.24. The number of nitrogens with one attached hydrogen (secondary N) is 2. The Morgan fingerprint density at radius 1 is 1.04 bits per heavy atom. The predicted molar refractivity (Wildman–Crippen MR) is 101 cm³/mol. The number of benzene rings is 2. The minimum atomic E-state index is -4.30. The third kappa shape index (κ3) is 3.67. The number of nitrogens with zero attached hydrogens (tertiary/aromatic N) is 1. The van der Waals surface area contributed by atoms with Crippen LogP contribution in [0.3, 0.4) is 0 Å². The highest BCUT2D eigenvalue weighted by molar-refractivity contribution is 5.84. The highest BCUT2D eigenvalue weighted by Gasteiger charge is 2.31. The lowest BCUT2D eigenvalue weighted by atomic mass is 10.1. The van der Waals surface area contributed by atoms with Gasteiger partial charge in [-0.05, 0) is 31.2 Å². The normalized spacial score (nSPS) is 16.2. The van der Waals surface area contributed by atoms with Crippen LogP contribution in [0.4, 0.5) is 18.9 Å². The van der Waals surface area contributed by atoms with Gasteiger partial charge in [-0.3, -0.25) is 0 Å². The van der Waals surface area contributed by atoms with E-state index in [-0.39, 0.29) is 0 Å². The molecule has 0 amide bonds. The Kier molecular flexibility index (Phi) is 4.60. The number of halogens is 3. The Morgan fingerprint density at radius 3 is 2.52 bits per heavy atom. The second kappa shape index (κ2) is 6.93. The number of rotatable bonds is 3. The molecule has 0 spiro atoms. The monoisotopic (exact) mass is 374 g/mol. The van der Waals surface area contributed by atoms with Crippen molar-refractivity contribution in [3.63, 3.8) is 0 Å². The molecule has 2 aromatic carbocycles. The number of hydrogen-bond donors (Lipinski definition) is 2. The van der Waals surface area contributed by atoms with Gasteiger partial charge < -0.3 is 14.8 Å². The highest BCUT2D eigenvalue weighted by Crippen LogP contribution is 2.31. The number of aromatic nitrogens is 1. The Labute approximate surface area is 156 Å². The summed E-state index contributed by atoms with van der Waals surface area (Å²) in [6.45, 7) is 6.39. The van der Waals surface area contributed by atoms with Crippen LogP contribution in [0.1, 0.15) is 16.8 Å². The number of alkyl halides is 3. The molecule has 142 valence electrons. The number of para-hydroxylation sites is 1. The van der Waals surface area contributed by atoms with Crippen LogP contribution in [0, 0.1) is 6.92 Å². The Morgan fingerprint density at radius 2 is 1.78 bits per heavy atom. The minimum Gasteiger partial charge on any atom is -0.360 e. The zero-order chi connectivity index (χ0) is 19.0. The van der Waals surface area contributed by atoms with E-state index in [1.165, 1.54) is 33.7 Å². The van der Waals surface area contributed by atoms with Crippen LogP contribution in [0.2, 0.25) is 0 Å². The third-order valence-electron chi connectivity index (χ3n) is 5.46. The number of aryl methyl sites for hydroxylation is 1. The van der Waals surface area contributed by atoms with Gasteiger partial charge in [0.05, 0.1) is 31.7 Å². The van der Waals surface area contributed by atoms with E-state index in [1.807, 2.05) is 6.07 Å². The van der Waals surface area contributed by atoms with Crippen molar-refractivity contribution < 1.29 is 18.1 Å². The first-order valence-electron chi connectivity index (χ1n) is 9.24. The summed E-state index contributed by atoms with van der Waals surface area (Å²) in [6, 6.07) is 14.0. The second-order valence-electron chi connectivity index (χ2n) is 7.24. The van der Waals surface area contributed by atoms with Crippen molar-refractivity contribution in [3.05, 3.63) is 65.4 Å². The van der Waals surface area contributed by atoms with E-state index < -0.39 is 11.7 Å². The molecule has 4 rings (SSSR count). The predicted octanol–water partition coefficient (Wildman–Crippen LogP) is 3.40. The first-order chi connectivity index (χ1) is 12.9. The van der Waals surface area contributed by atoms with Crippen LogP contribution in [-0.2, 0) is 12.7 Å². The van der Waals surface area contributed by atoms with E-state index in [2.05, 4.69) is 35.0 Å². The Bertz CT molecular complexity index is 937. The van der Waals surface area contributed by atoms with E-state index in [4.69, 9.17) is 0 Å². The molecule has 0 radical (unpaired) electrons. The smallest absolute Gasteiger partial charge is 0.360 e. The Hall–Kier alpha value is -2.47. The molecule has 0 saturated carbocycles. The molecule has 1 fully saturated rings. The molecule has 3 aromatic rings. The summed E-state index contributed by atoms with van der Waals surface area (Å²) in [5.41, 5.74) is 3.78. The van der Waals surface area contributed by atoms with Gasteiger partial charge in [-0.15, -0.1) is 0 Å². The molecule has 0 bridgehead atoms. The van der Waals surface area contributed by atoms with Gasteiger partial charge >= 0.3 is 6.18 Å². The van der Waals surface area contributed by atoms with E-state index in [0.717, 1.165) is 44.3 Å². The standard InChI is InChI=1S/C21H22F3N3/c1-15-19(18-7-2-3-8-20(18)25-15)14-26-9-11-27(12-10-26)17-6-4-5-16(13-17)21(22,23)24/h2-8,13,25H,9-12,14H2,1H3/p+1. The summed E-state index contributed by atoms with van der Waals surface area (Å²) in [5, 5.41) is 1.27. The number of aromatic amines is 1. The van der Waals surface area contributed by atoms with E-state index >= 15 is 0 Å². The summed E-state index contributed by atoms with van der Waals surface area (Å²) < 4.78 is 38.8. The number of piperazine rings is 1. The number of hydrogen-bond acceptors (Lipinski definition) is 1. The van der Waals surface area contributed by atoms with Gasteiger partial charge in [0.15, 0.2) is 0 Å². The molecule has 0 aliphatic carbocycles. The van der Waals surface area contributed by atoms with Gasteiger partial charge in [-0.25, -0.2) is 0 Å². The third-order valence-corrected chi connectivity index (χ3v) is 5.46. The van der Waals surface area contributed by atoms with Gasteiger partial charge in [0.2, 0.25) is 0 Å². The van der Waals surface area contributed by atoms with Gasteiger partial charge in [0, 0.05) is 27.8 Å². The number of H-pyrrole nitrogens is 1.